The summed E-state index contributed by atoms with van der Waals surface area (Å²) in [4.78, 5) is 0. The summed E-state index contributed by atoms with van der Waals surface area (Å²) in [6, 6.07) is 6.05. The average Bonchev–Trinajstić information content (AvgIpc) is 2.71. The van der Waals surface area contributed by atoms with Crippen LogP contribution >= 0.6 is 11.6 Å². The first-order valence-corrected chi connectivity index (χ1v) is 7.61. The van der Waals surface area contributed by atoms with E-state index in [1.54, 1.807) is 7.11 Å². The van der Waals surface area contributed by atoms with E-state index in [0.29, 0.717) is 16.7 Å². The molecular weight excluding hydrogens is 256 g/mol. The molecule has 1 aromatic rings. The normalized spacial score (nSPS) is 35.6. The Morgan fingerprint density at radius 3 is 2.53 bits per heavy atom. The molecule has 0 heterocycles. The number of rotatable bonds is 2. The molecule has 2 aliphatic carbocycles. The van der Waals surface area contributed by atoms with E-state index >= 15 is 0 Å². The van der Waals surface area contributed by atoms with E-state index in [9.17, 15) is 0 Å². The minimum Gasteiger partial charge on any atom is -0.496 e. The van der Waals surface area contributed by atoms with Crippen molar-refractivity contribution >= 4 is 11.6 Å². The molecule has 0 amide bonds. The first-order chi connectivity index (χ1) is 8.90. The Kier molecular flexibility index (Phi) is 2.91. The lowest BCUT2D eigenvalue weighted by Gasteiger charge is -2.40. The van der Waals surface area contributed by atoms with Crippen LogP contribution in [0.5, 0.6) is 5.75 Å². The fraction of sp³-hybridized carbons (Fsp3) is 0.647. The summed E-state index contributed by atoms with van der Waals surface area (Å²) in [5.74, 6) is 2.42. The Morgan fingerprint density at radius 2 is 2.00 bits per heavy atom. The molecule has 2 saturated carbocycles. The number of ether oxygens (including phenoxy) is 1. The van der Waals surface area contributed by atoms with Gasteiger partial charge in [-0.2, -0.15) is 0 Å². The predicted molar refractivity (Wildman–Crippen MR) is 80.0 cm³/mol. The van der Waals surface area contributed by atoms with E-state index < -0.39 is 0 Å². The molecule has 0 N–H and O–H groups in total. The largest absolute Gasteiger partial charge is 0.496 e. The summed E-state index contributed by atoms with van der Waals surface area (Å²) >= 11 is 6.22. The molecule has 2 fully saturated rings. The van der Waals surface area contributed by atoms with Gasteiger partial charge in [0, 0.05) is 5.02 Å². The van der Waals surface area contributed by atoms with Crippen molar-refractivity contribution in [1.82, 2.24) is 0 Å². The van der Waals surface area contributed by atoms with E-state index in [0.717, 1.165) is 16.7 Å². The second-order valence-corrected chi connectivity index (χ2v) is 7.49. The molecule has 2 aliphatic rings. The molecule has 0 spiro atoms. The maximum absolute atomic E-state index is 6.22. The van der Waals surface area contributed by atoms with Gasteiger partial charge in [0.05, 0.1) is 7.11 Å². The Morgan fingerprint density at radius 1 is 1.26 bits per heavy atom. The number of hydrogen-bond donors (Lipinski definition) is 0. The van der Waals surface area contributed by atoms with Crippen LogP contribution in [-0.4, -0.2) is 7.11 Å². The van der Waals surface area contributed by atoms with Gasteiger partial charge in [0.2, 0.25) is 0 Å². The van der Waals surface area contributed by atoms with E-state index in [4.69, 9.17) is 16.3 Å². The van der Waals surface area contributed by atoms with E-state index in [1.165, 1.54) is 24.8 Å². The second kappa shape index (κ2) is 4.15. The van der Waals surface area contributed by atoms with Gasteiger partial charge in [0.15, 0.2) is 0 Å². The third kappa shape index (κ3) is 1.67. The Labute approximate surface area is 121 Å². The van der Waals surface area contributed by atoms with Gasteiger partial charge in [-0.1, -0.05) is 32.4 Å². The van der Waals surface area contributed by atoms with Gasteiger partial charge in [0.25, 0.3) is 0 Å². The summed E-state index contributed by atoms with van der Waals surface area (Å²) in [6.07, 6.45) is 3.98. The first kappa shape index (κ1) is 13.3. The zero-order valence-electron chi connectivity index (χ0n) is 12.3. The summed E-state index contributed by atoms with van der Waals surface area (Å²) in [5, 5.41) is 0.819. The summed E-state index contributed by atoms with van der Waals surface area (Å²) < 4.78 is 5.57. The zero-order chi connectivity index (χ0) is 13.8. The van der Waals surface area contributed by atoms with Crippen molar-refractivity contribution in [2.24, 2.45) is 16.7 Å². The predicted octanol–water partition coefficient (Wildman–Crippen LogP) is 5.28. The Bertz CT molecular complexity index is 508. The maximum atomic E-state index is 6.22. The molecule has 0 saturated heterocycles. The van der Waals surface area contributed by atoms with Gasteiger partial charge in [-0.05, 0) is 65.7 Å². The fourth-order valence-corrected chi connectivity index (χ4v) is 4.83. The number of benzene rings is 1. The maximum Gasteiger partial charge on any atom is 0.122 e. The third-order valence-corrected chi connectivity index (χ3v) is 6.60. The molecular formula is C17H23ClO. The highest BCUT2D eigenvalue weighted by molar-refractivity contribution is 6.30. The molecule has 2 bridgehead atoms. The van der Waals surface area contributed by atoms with Gasteiger partial charge in [-0.25, -0.2) is 0 Å². The van der Waals surface area contributed by atoms with Crippen LogP contribution in [0.25, 0.3) is 0 Å². The van der Waals surface area contributed by atoms with Gasteiger partial charge in [-0.15, -0.1) is 0 Å². The highest BCUT2D eigenvalue weighted by Gasteiger charge is 2.61. The molecule has 0 aromatic heterocycles. The number of halogens is 1. The minimum absolute atomic E-state index is 0.371. The summed E-state index contributed by atoms with van der Waals surface area (Å²) in [5.41, 5.74) is 2.11. The smallest absolute Gasteiger partial charge is 0.122 e. The topological polar surface area (TPSA) is 9.23 Å². The second-order valence-electron chi connectivity index (χ2n) is 7.05. The number of fused-ring (bicyclic) bond motifs is 2. The van der Waals surface area contributed by atoms with Crippen molar-refractivity contribution < 1.29 is 4.74 Å². The van der Waals surface area contributed by atoms with Gasteiger partial charge in [0.1, 0.15) is 5.75 Å². The Hall–Kier alpha value is -0.690. The molecule has 2 heteroatoms. The van der Waals surface area contributed by atoms with Gasteiger partial charge >= 0.3 is 0 Å². The van der Waals surface area contributed by atoms with Crippen molar-refractivity contribution in [1.29, 1.82) is 0 Å². The molecule has 19 heavy (non-hydrogen) atoms. The van der Waals surface area contributed by atoms with Crippen LogP contribution in [0.2, 0.25) is 5.02 Å². The van der Waals surface area contributed by atoms with Crippen LogP contribution in [-0.2, 0) is 0 Å². The van der Waals surface area contributed by atoms with Crippen LogP contribution in [0, 0.1) is 16.7 Å². The minimum atomic E-state index is 0.371. The molecule has 3 atom stereocenters. The standard InChI is InChI=1S/C17H23ClO/c1-16(2)11-7-8-17(16,3)14(9-11)13-10-12(18)5-6-15(13)19-4/h5-6,10-11,14H,7-9H2,1-4H3. The fourth-order valence-electron chi connectivity index (χ4n) is 4.65. The molecule has 1 aromatic carbocycles. The van der Waals surface area contributed by atoms with Crippen molar-refractivity contribution in [3.8, 4) is 5.75 Å². The lowest BCUT2D eigenvalue weighted by atomic mass is 9.65. The highest BCUT2D eigenvalue weighted by Crippen LogP contribution is 2.71. The van der Waals surface area contributed by atoms with Gasteiger partial charge in [-0.3, -0.25) is 0 Å². The quantitative estimate of drug-likeness (QED) is 0.715. The molecule has 3 unspecified atom stereocenters. The van der Waals surface area contributed by atoms with Crippen molar-refractivity contribution in [2.75, 3.05) is 7.11 Å². The monoisotopic (exact) mass is 278 g/mol. The van der Waals surface area contributed by atoms with Crippen molar-refractivity contribution in [3.05, 3.63) is 28.8 Å². The van der Waals surface area contributed by atoms with Crippen LogP contribution in [0.4, 0.5) is 0 Å². The third-order valence-electron chi connectivity index (χ3n) is 6.36. The lowest BCUT2D eigenvalue weighted by molar-refractivity contribution is 0.133. The van der Waals surface area contributed by atoms with Gasteiger partial charge < -0.3 is 4.74 Å². The highest BCUT2D eigenvalue weighted by atomic mass is 35.5. The number of hydrogen-bond acceptors (Lipinski definition) is 1. The van der Waals surface area contributed by atoms with Crippen molar-refractivity contribution in [2.45, 2.75) is 46.0 Å². The molecule has 0 radical (unpaired) electrons. The Balaban J connectivity index is 2.08. The summed E-state index contributed by atoms with van der Waals surface area (Å²) in [6.45, 7) is 7.36. The van der Waals surface area contributed by atoms with Crippen LogP contribution in [0.1, 0.15) is 51.5 Å². The van der Waals surface area contributed by atoms with Crippen molar-refractivity contribution in [3.63, 3.8) is 0 Å². The summed E-state index contributed by atoms with van der Waals surface area (Å²) in [7, 11) is 1.76. The lowest BCUT2D eigenvalue weighted by Crippen LogP contribution is -2.31. The zero-order valence-corrected chi connectivity index (χ0v) is 13.1. The average molecular weight is 279 g/mol. The van der Waals surface area contributed by atoms with Crippen LogP contribution in [0.15, 0.2) is 18.2 Å². The molecule has 0 aliphatic heterocycles. The van der Waals surface area contributed by atoms with E-state index in [2.05, 4.69) is 26.8 Å². The van der Waals surface area contributed by atoms with Crippen LogP contribution < -0.4 is 4.74 Å². The first-order valence-electron chi connectivity index (χ1n) is 7.23. The van der Waals surface area contributed by atoms with E-state index in [1.807, 2.05) is 12.1 Å². The van der Waals surface area contributed by atoms with E-state index in [-0.39, 0.29) is 0 Å². The molecule has 1 nitrogen and oxygen atoms in total. The van der Waals surface area contributed by atoms with Crippen LogP contribution in [0.3, 0.4) is 0 Å². The number of methoxy groups -OCH3 is 1. The SMILES string of the molecule is COc1ccc(Cl)cc1C1CC2CCC1(C)C2(C)C. The molecule has 3 rings (SSSR count). The molecule has 104 valence electrons.